The maximum atomic E-state index is 5.88. The Kier molecular flexibility index (Phi) is 4.36. The molecular weight excluding hydrogens is 260 g/mol. The molecule has 1 heterocycles. The van der Waals surface area contributed by atoms with Gasteiger partial charge in [0.2, 0.25) is 0 Å². The molecule has 2 aromatic rings. The summed E-state index contributed by atoms with van der Waals surface area (Å²) < 4.78 is 2.23. The fraction of sp³-hybridized carbons (Fsp3) is 0.471. The molecule has 1 aliphatic carbocycles. The average molecular weight is 284 g/mol. The quantitative estimate of drug-likeness (QED) is 0.655. The molecule has 4 heteroatoms. The van der Waals surface area contributed by atoms with Gasteiger partial charge >= 0.3 is 0 Å². The average Bonchev–Trinajstić information content (AvgIpc) is 2.97. The zero-order valence-corrected chi connectivity index (χ0v) is 12.6. The van der Waals surface area contributed by atoms with Crippen molar-refractivity contribution in [2.24, 2.45) is 11.8 Å². The maximum Gasteiger partial charge on any atom is 0.127 e. The maximum absolute atomic E-state index is 5.88. The lowest BCUT2D eigenvalue weighted by Gasteiger charge is -2.31. The van der Waals surface area contributed by atoms with Crippen LogP contribution in [-0.4, -0.2) is 9.55 Å². The highest BCUT2D eigenvalue weighted by Gasteiger charge is 2.29. The van der Waals surface area contributed by atoms with Gasteiger partial charge in [0.15, 0.2) is 0 Å². The molecule has 0 amide bonds. The van der Waals surface area contributed by atoms with Crippen LogP contribution in [0.3, 0.4) is 0 Å². The van der Waals surface area contributed by atoms with E-state index in [1.54, 1.807) is 0 Å². The van der Waals surface area contributed by atoms with E-state index in [1.807, 2.05) is 6.20 Å². The van der Waals surface area contributed by atoms with Crippen molar-refractivity contribution in [2.45, 2.75) is 45.2 Å². The van der Waals surface area contributed by atoms with Crippen LogP contribution in [0.5, 0.6) is 0 Å². The van der Waals surface area contributed by atoms with E-state index in [2.05, 4.69) is 52.4 Å². The summed E-state index contributed by atoms with van der Waals surface area (Å²) in [4.78, 5) is 4.56. The zero-order chi connectivity index (χ0) is 14.7. The number of nitrogens with two attached hydrogens (primary N) is 1. The largest absolute Gasteiger partial charge is 0.334 e. The number of aromatic nitrogens is 2. The van der Waals surface area contributed by atoms with Crippen molar-refractivity contribution in [3.05, 3.63) is 53.6 Å². The van der Waals surface area contributed by atoms with Gasteiger partial charge in [-0.15, -0.1) is 0 Å². The third-order valence-corrected chi connectivity index (χ3v) is 4.53. The predicted octanol–water partition coefficient (Wildman–Crippen LogP) is 2.60. The summed E-state index contributed by atoms with van der Waals surface area (Å²) in [5.74, 6) is 7.45. The molecule has 3 N–H and O–H groups in total. The van der Waals surface area contributed by atoms with Crippen LogP contribution in [0.15, 0.2) is 36.7 Å². The van der Waals surface area contributed by atoms with Crippen LogP contribution in [0.2, 0.25) is 0 Å². The van der Waals surface area contributed by atoms with E-state index < -0.39 is 0 Å². The molecule has 2 unspecified atom stereocenters. The van der Waals surface area contributed by atoms with Gasteiger partial charge in [-0.05, 0) is 42.7 Å². The lowest BCUT2D eigenvalue weighted by atomic mass is 9.80. The molecule has 112 valence electrons. The van der Waals surface area contributed by atoms with Crippen molar-refractivity contribution in [1.82, 2.24) is 15.0 Å². The highest BCUT2D eigenvalue weighted by Crippen LogP contribution is 2.33. The summed E-state index contributed by atoms with van der Waals surface area (Å²) in [5.41, 5.74) is 5.97. The smallest absolute Gasteiger partial charge is 0.127 e. The van der Waals surface area contributed by atoms with Crippen LogP contribution < -0.4 is 11.3 Å². The first-order valence-electron chi connectivity index (χ1n) is 7.87. The van der Waals surface area contributed by atoms with E-state index in [4.69, 9.17) is 5.84 Å². The van der Waals surface area contributed by atoms with Crippen molar-refractivity contribution in [3.8, 4) is 0 Å². The highest BCUT2D eigenvalue weighted by molar-refractivity contribution is 5.30. The molecule has 21 heavy (non-hydrogen) atoms. The molecule has 1 aliphatic rings. The highest BCUT2D eigenvalue weighted by atomic mass is 15.3. The number of hydrazine groups is 1. The Bertz CT molecular complexity index is 590. The Hall–Kier alpha value is -1.65. The van der Waals surface area contributed by atoms with Crippen LogP contribution in [0.1, 0.15) is 42.8 Å². The Morgan fingerprint density at radius 2 is 2.19 bits per heavy atom. The summed E-state index contributed by atoms with van der Waals surface area (Å²) in [7, 11) is 0. The van der Waals surface area contributed by atoms with E-state index in [0.29, 0.717) is 5.92 Å². The number of nitrogens with zero attached hydrogens (tertiary/aromatic N) is 2. The number of fused-ring (bicyclic) bond motifs is 1. The summed E-state index contributed by atoms with van der Waals surface area (Å²) in [6, 6.07) is 8.87. The SMILES string of the molecule is CCCn1ccnc1C(NN)C1CCc2ccccc2C1. The van der Waals surface area contributed by atoms with Crippen molar-refractivity contribution < 1.29 is 0 Å². The van der Waals surface area contributed by atoms with Gasteiger partial charge in [0, 0.05) is 18.9 Å². The first-order valence-corrected chi connectivity index (χ1v) is 7.87. The molecule has 0 aliphatic heterocycles. The molecule has 0 spiro atoms. The lowest BCUT2D eigenvalue weighted by molar-refractivity contribution is 0.309. The second-order valence-electron chi connectivity index (χ2n) is 5.89. The molecule has 0 saturated carbocycles. The number of hydrogen-bond donors (Lipinski definition) is 2. The molecule has 0 saturated heterocycles. The second kappa shape index (κ2) is 6.41. The zero-order valence-electron chi connectivity index (χ0n) is 12.6. The Labute approximate surface area is 126 Å². The number of rotatable bonds is 5. The standard InChI is InChI=1S/C17H24N4/c1-2-10-21-11-9-19-17(21)16(20-18)15-8-7-13-5-3-4-6-14(13)12-15/h3-6,9,11,15-16,20H,2,7-8,10,12,18H2,1H3. The second-order valence-corrected chi connectivity index (χ2v) is 5.89. The number of nitrogens with one attached hydrogen (secondary N) is 1. The minimum atomic E-state index is 0.125. The van der Waals surface area contributed by atoms with Gasteiger partial charge < -0.3 is 4.57 Å². The van der Waals surface area contributed by atoms with Crippen LogP contribution in [0, 0.1) is 5.92 Å². The Morgan fingerprint density at radius 1 is 1.38 bits per heavy atom. The lowest BCUT2D eigenvalue weighted by Crippen LogP contribution is -2.37. The number of aryl methyl sites for hydroxylation is 2. The number of imidazole rings is 1. The Balaban J connectivity index is 1.83. The number of benzene rings is 1. The molecule has 3 rings (SSSR count). The molecular formula is C17H24N4. The fourth-order valence-electron chi connectivity index (χ4n) is 3.46. The van der Waals surface area contributed by atoms with Gasteiger partial charge in [0.1, 0.15) is 5.82 Å². The van der Waals surface area contributed by atoms with Crippen molar-refractivity contribution in [1.29, 1.82) is 0 Å². The molecule has 1 aromatic carbocycles. The van der Waals surface area contributed by atoms with Crippen LogP contribution in [-0.2, 0) is 19.4 Å². The van der Waals surface area contributed by atoms with Gasteiger partial charge in [-0.2, -0.15) is 0 Å². The summed E-state index contributed by atoms with van der Waals surface area (Å²) in [5, 5.41) is 0. The van der Waals surface area contributed by atoms with Crippen molar-refractivity contribution in [3.63, 3.8) is 0 Å². The van der Waals surface area contributed by atoms with E-state index >= 15 is 0 Å². The minimum absolute atomic E-state index is 0.125. The first-order chi connectivity index (χ1) is 10.3. The van der Waals surface area contributed by atoms with E-state index in [0.717, 1.165) is 38.1 Å². The van der Waals surface area contributed by atoms with Crippen LogP contribution in [0.4, 0.5) is 0 Å². The molecule has 1 aromatic heterocycles. The molecule has 0 bridgehead atoms. The Morgan fingerprint density at radius 3 is 2.95 bits per heavy atom. The molecule has 2 atom stereocenters. The van der Waals surface area contributed by atoms with Gasteiger partial charge in [-0.1, -0.05) is 31.2 Å². The monoisotopic (exact) mass is 284 g/mol. The van der Waals surface area contributed by atoms with Gasteiger partial charge in [0.25, 0.3) is 0 Å². The normalized spacial score (nSPS) is 19.2. The van der Waals surface area contributed by atoms with Crippen LogP contribution >= 0.6 is 0 Å². The minimum Gasteiger partial charge on any atom is -0.334 e. The van der Waals surface area contributed by atoms with Gasteiger partial charge in [0.05, 0.1) is 6.04 Å². The molecule has 0 radical (unpaired) electrons. The van der Waals surface area contributed by atoms with Crippen molar-refractivity contribution in [2.75, 3.05) is 0 Å². The van der Waals surface area contributed by atoms with E-state index in [9.17, 15) is 0 Å². The van der Waals surface area contributed by atoms with E-state index in [-0.39, 0.29) is 6.04 Å². The first kappa shape index (κ1) is 14.3. The molecule has 0 fully saturated rings. The van der Waals surface area contributed by atoms with E-state index in [1.165, 1.54) is 11.1 Å². The third-order valence-electron chi connectivity index (χ3n) is 4.53. The van der Waals surface area contributed by atoms with Crippen molar-refractivity contribution >= 4 is 0 Å². The summed E-state index contributed by atoms with van der Waals surface area (Å²) in [6.45, 7) is 3.18. The van der Waals surface area contributed by atoms with Gasteiger partial charge in [-0.25, -0.2) is 10.4 Å². The fourth-order valence-corrected chi connectivity index (χ4v) is 3.46. The summed E-state index contributed by atoms with van der Waals surface area (Å²) in [6.07, 6.45) is 8.41. The van der Waals surface area contributed by atoms with Gasteiger partial charge in [-0.3, -0.25) is 5.84 Å². The topological polar surface area (TPSA) is 55.9 Å². The third kappa shape index (κ3) is 2.87. The summed E-state index contributed by atoms with van der Waals surface area (Å²) >= 11 is 0. The van der Waals surface area contributed by atoms with Crippen LogP contribution in [0.25, 0.3) is 0 Å². The predicted molar refractivity (Wildman–Crippen MR) is 84.5 cm³/mol. The number of hydrogen-bond acceptors (Lipinski definition) is 3. The molecule has 4 nitrogen and oxygen atoms in total.